The van der Waals surface area contributed by atoms with Crippen molar-refractivity contribution in [1.29, 1.82) is 0 Å². The maximum atomic E-state index is 11.7. The van der Waals surface area contributed by atoms with Gasteiger partial charge in [-0.3, -0.25) is 0 Å². The summed E-state index contributed by atoms with van der Waals surface area (Å²) in [5.74, 6) is -2.05. The Morgan fingerprint density at radius 1 is 1.24 bits per heavy atom. The predicted molar refractivity (Wildman–Crippen MR) is 57.5 cm³/mol. The van der Waals surface area contributed by atoms with Crippen molar-refractivity contribution < 1.29 is 23.9 Å². The van der Waals surface area contributed by atoms with Gasteiger partial charge in [0.2, 0.25) is 0 Å². The summed E-state index contributed by atoms with van der Waals surface area (Å²) in [6.07, 6.45) is 3.57. The Morgan fingerprint density at radius 3 is 2.47 bits per heavy atom. The lowest BCUT2D eigenvalue weighted by Gasteiger charge is -2.29. The summed E-state index contributed by atoms with van der Waals surface area (Å²) in [5.41, 5.74) is 0.112. The third-order valence-electron chi connectivity index (χ3n) is 2.30. The van der Waals surface area contributed by atoms with Gasteiger partial charge in [-0.2, -0.15) is 0 Å². The average molecular weight is 236 g/mol. The predicted octanol–water partition coefficient (Wildman–Crippen LogP) is 1.05. The highest BCUT2D eigenvalue weighted by Gasteiger charge is 2.37. The fourth-order valence-electron chi connectivity index (χ4n) is 1.54. The van der Waals surface area contributed by atoms with Crippen LogP contribution in [0.25, 0.3) is 0 Å². The molecular weight excluding hydrogens is 222 g/mol. The quantitative estimate of drug-likeness (QED) is 0.616. The monoisotopic (exact) mass is 236 g/mol. The molecule has 0 bridgehead atoms. The highest BCUT2D eigenvalue weighted by molar-refractivity contribution is 5.89. The number of pyridine rings is 1. The number of carbonyl (C=O) groups is 1. The molecule has 1 aromatic heterocycles. The van der Waals surface area contributed by atoms with Gasteiger partial charge in [0.15, 0.2) is 24.5 Å². The first-order valence-corrected chi connectivity index (χ1v) is 5.26. The third-order valence-corrected chi connectivity index (χ3v) is 2.30. The highest BCUT2D eigenvalue weighted by Crippen LogP contribution is 2.24. The van der Waals surface area contributed by atoms with Gasteiger partial charge in [0.1, 0.15) is 0 Å². The molecule has 0 atom stereocenters. The van der Waals surface area contributed by atoms with E-state index in [4.69, 9.17) is 9.47 Å². The molecule has 0 unspecified atom stereocenters. The lowest BCUT2D eigenvalue weighted by atomic mass is 10.2. The summed E-state index contributed by atoms with van der Waals surface area (Å²) in [5, 5.41) is 9.68. The average Bonchev–Trinajstić information content (AvgIpc) is 2.24. The van der Waals surface area contributed by atoms with E-state index in [0.717, 1.165) is 0 Å². The number of hydrogen-bond donors (Lipinski definition) is 1. The zero-order valence-electron chi connectivity index (χ0n) is 9.71. The molecule has 5 nitrogen and oxygen atoms in total. The molecular formula is C12H14NO4+. The van der Waals surface area contributed by atoms with Crippen LogP contribution in [-0.4, -0.2) is 16.9 Å². The third kappa shape index (κ3) is 2.55. The number of hydrogen-bond acceptors (Lipinski definition) is 4. The van der Waals surface area contributed by atoms with E-state index in [0.29, 0.717) is 0 Å². The summed E-state index contributed by atoms with van der Waals surface area (Å²) < 4.78 is 11.9. The molecule has 0 aliphatic carbocycles. The lowest BCUT2D eigenvalue weighted by molar-refractivity contribution is -0.688. The van der Waals surface area contributed by atoms with E-state index < -0.39 is 11.8 Å². The zero-order valence-corrected chi connectivity index (χ0v) is 9.71. The van der Waals surface area contributed by atoms with Crippen LogP contribution in [0.5, 0.6) is 0 Å². The standard InChI is InChI=1S/C12H13NO4/c1-12(2)16-10(14)9(11(15)17-12)8-13-6-4-3-5-7-13/h3-7H,8H2,1-2H3/p+1. The Bertz CT molecular complexity index is 465. The number of carbonyl (C=O) groups excluding carboxylic acids is 1. The van der Waals surface area contributed by atoms with Gasteiger partial charge in [0.25, 0.3) is 11.7 Å². The number of esters is 1. The van der Waals surface area contributed by atoms with Gasteiger partial charge < -0.3 is 14.6 Å². The zero-order chi connectivity index (χ0) is 12.5. The molecule has 90 valence electrons. The number of aliphatic hydroxyl groups excluding tert-OH is 1. The van der Waals surface area contributed by atoms with E-state index in [9.17, 15) is 9.90 Å². The van der Waals surface area contributed by atoms with Crippen molar-refractivity contribution in [3.8, 4) is 0 Å². The Hall–Kier alpha value is -2.04. The Morgan fingerprint density at radius 2 is 1.88 bits per heavy atom. The Labute approximate surface area is 98.9 Å². The van der Waals surface area contributed by atoms with Crippen LogP contribution in [0.4, 0.5) is 0 Å². The normalized spacial score (nSPS) is 18.6. The maximum absolute atomic E-state index is 11.7. The molecule has 1 aromatic rings. The Balaban J connectivity index is 2.24. The van der Waals surface area contributed by atoms with E-state index in [-0.39, 0.29) is 18.1 Å². The first-order valence-electron chi connectivity index (χ1n) is 5.26. The topological polar surface area (TPSA) is 59.6 Å². The molecule has 5 heteroatoms. The molecule has 1 aliphatic heterocycles. The van der Waals surface area contributed by atoms with E-state index >= 15 is 0 Å². The van der Waals surface area contributed by atoms with Gasteiger partial charge in [-0.15, -0.1) is 0 Å². The number of rotatable bonds is 2. The number of cyclic esters (lactones) is 1. The van der Waals surface area contributed by atoms with Crippen LogP contribution in [0.3, 0.4) is 0 Å². The van der Waals surface area contributed by atoms with Crippen LogP contribution in [-0.2, 0) is 20.8 Å². The van der Waals surface area contributed by atoms with Crippen molar-refractivity contribution in [1.82, 2.24) is 0 Å². The second-order valence-corrected chi connectivity index (χ2v) is 4.22. The second kappa shape index (κ2) is 4.08. The maximum Gasteiger partial charge on any atom is 0.351 e. The summed E-state index contributed by atoms with van der Waals surface area (Å²) in [4.78, 5) is 11.7. The molecule has 0 aromatic carbocycles. The van der Waals surface area contributed by atoms with Gasteiger partial charge in [-0.25, -0.2) is 9.36 Å². The highest BCUT2D eigenvalue weighted by atomic mass is 16.8. The Kier molecular flexibility index (Phi) is 2.75. The number of ether oxygens (including phenoxy) is 2. The summed E-state index contributed by atoms with van der Waals surface area (Å²) in [6.45, 7) is 3.34. The largest absolute Gasteiger partial charge is 0.480 e. The SMILES string of the molecule is CC1(C)OC(=O)C(C[n+]2ccccc2)=C(O)O1. The van der Waals surface area contributed by atoms with Crippen molar-refractivity contribution in [2.75, 3.05) is 0 Å². The van der Waals surface area contributed by atoms with Crippen molar-refractivity contribution in [3.63, 3.8) is 0 Å². The van der Waals surface area contributed by atoms with Crippen LogP contribution in [0, 0.1) is 0 Å². The first-order chi connectivity index (χ1) is 7.98. The van der Waals surface area contributed by atoms with Crippen molar-refractivity contribution >= 4 is 5.97 Å². The molecule has 0 saturated heterocycles. The first kappa shape index (κ1) is 11.4. The van der Waals surface area contributed by atoms with Crippen molar-refractivity contribution in [3.05, 3.63) is 42.1 Å². The number of nitrogens with zero attached hydrogens (tertiary/aromatic N) is 1. The molecule has 17 heavy (non-hydrogen) atoms. The summed E-state index contributed by atoms with van der Waals surface area (Å²) in [6, 6.07) is 5.52. The smallest absolute Gasteiger partial charge is 0.351 e. The van der Waals surface area contributed by atoms with Crippen LogP contribution in [0.1, 0.15) is 13.8 Å². The molecule has 1 aliphatic rings. The van der Waals surface area contributed by atoms with Crippen LogP contribution < -0.4 is 4.57 Å². The molecule has 0 spiro atoms. The van der Waals surface area contributed by atoms with E-state index in [1.165, 1.54) is 0 Å². The van der Waals surface area contributed by atoms with E-state index in [2.05, 4.69) is 0 Å². The van der Waals surface area contributed by atoms with Gasteiger partial charge >= 0.3 is 5.97 Å². The van der Waals surface area contributed by atoms with Crippen LogP contribution >= 0.6 is 0 Å². The fraction of sp³-hybridized carbons (Fsp3) is 0.333. The molecule has 0 fully saturated rings. The van der Waals surface area contributed by atoms with E-state index in [1.807, 2.05) is 18.2 Å². The molecule has 0 amide bonds. The molecule has 1 N–H and O–H groups in total. The molecule has 0 radical (unpaired) electrons. The van der Waals surface area contributed by atoms with Gasteiger partial charge in [0, 0.05) is 26.0 Å². The minimum absolute atomic E-state index is 0.112. The summed E-state index contributed by atoms with van der Waals surface area (Å²) in [7, 11) is 0. The summed E-state index contributed by atoms with van der Waals surface area (Å²) >= 11 is 0. The molecule has 0 saturated carbocycles. The van der Waals surface area contributed by atoms with Crippen molar-refractivity contribution in [2.24, 2.45) is 0 Å². The van der Waals surface area contributed by atoms with Gasteiger partial charge in [-0.1, -0.05) is 6.07 Å². The van der Waals surface area contributed by atoms with Crippen LogP contribution in [0.15, 0.2) is 42.1 Å². The lowest BCUT2D eigenvalue weighted by Crippen LogP contribution is -2.42. The van der Waals surface area contributed by atoms with Gasteiger partial charge in [-0.05, 0) is 0 Å². The minimum atomic E-state index is -1.12. The van der Waals surface area contributed by atoms with Crippen LogP contribution in [0.2, 0.25) is 0 Å². The number of aromatic nitrogens is 1. The van der Waals surface area contributed by atoms with E-state index in [1.54, 1.807) is 30.8 Å². The minimum Gasteiger partial charge on any atom is -0.480 e. The van der Waals surface area contributed by atoms with Crippen molar-refractivity contribution in [2.45, 2.75) is 26.2 Å². The molecule has 2 heterocycles. The fourth-order valence-corrected chi connectivity index (χ4v) is 1.54. The van der Waals surface area contributed by atoms with Gasteiger partial charge in [0.05, 0.1) is 0 Å². The number of aliphatic hydroxyl groups is 1. The second-order valence-electron chi connectivity index (χ2n) is 4.22. The molecule has 2 rings (SSSR count).